The Morgan fingerprint density at radius 1 is 1.41 bits per heavy atom. The predicted molar refractivity (Wildman–Crippen MR) is 70.0 cm³/mol. The highest BCUT2D eigenvalue weighted by Gasteiger charge is 2.19. The first-order chi connectivity index (χ1) is 8.16. The number of nitrogens with zero attached hydrogens (tertiary/aromatic N) is 1. The largest absolute Gasteiger partial charge is 0.477 e. The topological polar surface area (TPSA) is 49.7 Å². The quantitative estimate of drug-likeness (QED) is 0.834. The minimum Gasteiger partial charge on any atom is -0.477 e. The van der Waals surface area contributed by atoms with E-state index in [9.17, 15) is 9.90 Å². The second-order valence-electron chi connectivity index (χ2n) is 3.91. The summed E-state index contributed by atoms with van der Waals surface area (Å²) in [7, 11) is 0. The third-order valence-electron chi connectivity index (χ3n) is 2.74. The summed E-state index contributed by atoms with van der Waals surface area (Å²) in [6.45, 7) is 1.91. The Morgan fingerprint density at radius 2 is 2.24 bits per heavy atom. The van der Waals surface area contributed by atoms with E-state index in [0.717, 1.165) is 26.9 Å². The molecule has 17 heavy (non-hydrogen) atoms. The van der Waals surface area contributed by atoms with Gasteiger partial charge in [0.15, 0.2) is 0 Å². The van der Waals surface area contributed by atoms with Gasteiger partial charge in [0.2, 0.25) is 0 Å². The van der Waals surface area contributed by atoms with Gasteiger partial charge in [-0.05, 0) is 24.6 Å². The SMILES string of the molecule is CC1=Cc2cccc3sc(C(=O)O)c(c23)C=N1. The van der Waals surface area contributed by atoms with E-state index < -0.39 is 5.97 Å². The Labute approximate surface area is 102 Å². The minimum atomic E-state index is -0.891. The van der Waals surface area contributed by atoms with Crippen LogP contribution in [0, 0.1) is 0 Å². The second kappa shape index (κ2) is 3.53. The molecule has 0 saturated carbocycles. The van der Waals surface area contributed by atoms with Gasteiger partial charge < -0.3 is 5.11 Å². The van der Waals surface area contributed by atoms with Gasteiger partial charge in [0.05, 0.1) is 0 Å². The first-order valence-electron chi connectivity index (χ1n) is 5.18. The van der Waals surface area contributed by atoms with Crippen molar-refractivity contribution in [1.29, 1.82) is 0 Å². The van der Waals surface area contributed by atoms with Gasteiger partial charge in [-0.1, -0.05) is 12.1 Å². The lowest BCUT2D eigenvalue weighted by atomic mass is 10.1. The van der Waals surface area contributed by atoms with E-state index in [1.54, 1.807) is 6.21 Å². The van der Waals surface area contributed by atoms with Crippen LogP contribution in [0.5, 0.6) is 0 Å². The summed E-state index contributed by atoms with van der Waals surface area (Å²) in [5, 5.41) is 10.2. The summed E-state index contributed by atoms with van der Waals surface area (Å²) in [6.07, 6.45) is 3.64. The summed E-state index contributed by atoms with van der Waals surface area (Å²) < 4.78 is 0.993. The Morgan fingerprint density at radius 3 is 3.00 bits per heavy atom. The lowest BCUT2D eigenvalue weighted by Crippen LogP contribution is -1.96. The Hall–Kier alpha value is -1.94. The number of hydrogen-bond acceptors (Lipinski definition) is 3. The molecule has 0 spiro atoms. The Kier molecular flexibility index (Phi) is 2.12. The number of aliphatic imine (C=N–C) groups is 1. The van der Waals surface area contributed by atoms with Crippen LogP contribution in [0.1, 0.15) is 27.7 Å². The van der Waals surface area contributed by atoms with Crippen LogP contribution in [-0.4, -0.2) is 17.3 Å². The lowest BCUT2D eigenvalue weighted by Gasteiger charge is -1.96. The van der Waals surface area contributed by atoms with Gasteiger partial charge in [0.1, 0.15) is 4.88 Å². The average molecular weight is 243 g/mol. The standard InChI is InChI=1S/C13H9NO2S/c1-7-5-8-3-2-4-10-11(8)9(6-14-7)12(17-10)13(15)16/h2-6H,1H3,(H,15,16). The zero-order valence-corrected chi connectivity index (χ0v) is 9.91. The molecular formula is C13H9NO2S. The van der Waals surface area contributed by atoms with E-state index in [0.29, 0.717) is 4.88 Å². The van der Waals surface area contributed by atoms with Crippen molar-refractivity contribution in [2.75, 3.05) is 0 Å². The number of rotatable bonds is 1. The highest BCUT2D eigenvalue weighted by molar-refractivity contribution is 7.21. The molecule has 0 radical (unpaired) electrons. The molecule has 0 saturated heterocycles. The molecule has 3 rings (SSSR count). The van der Waals surface area contributed by atoms with Crippen molar-refractivity contribution >= 4 is 39.7 Å². The first-order valence-corrected chi connectivity index (χ1v) is 5.99. The zero-order valence-electron chi connectivity index (χ0n) is 9.10. The number of carboxylic acid groups (broad SMARTS) is 1. The van der Waals surface area contributed by atoms with Crippen LogP contribution in [0.15, 0.2) is 28.9 Å². The molecule has 84 valence electrons. The molecule has 1 aliphatic heterocycles. The van der Waals surface area contributed by atoms with Crippen molar-refractivity contribution in [2.24, 2.45) is 4.99 Å². The molecule has 4 heteroatoms. The molecule has 1 aliphatic rings. The maximum absolute atomic E-state index is 11.2. The van der Waals surface area contributed by atoms with E-state index in [2.05, 4.69) is 4.99 Å². The van der Waals surface area contributed by atoms with Crippen molar-refractivity contribution in [3.8, 4) is 0 Å². The van der Waals surface area contributed by atoms with Gasteiger partial charge in [-0.25, -0.2) is 4.79 Å². The highest BCUT2D eigenvalue weighted by atomic mass is 32.1. The van der Waals surface area contributed by atoms with Gasteiger partial charge in [0, 0.05) is 27.6 Å². The number of thiophene rings is 1. The molecule has 0 fully saturated rings. The maximum atomic E-state index is 11.2. The van der Waals surface area contributed by atoms with Crippen molar-refractivity contribution < 1.29 is 9.90 Å². The van der Waals surface area contributed by atoms with Crippen LogP contribution in [0.25, 0.3) is 16.2 Å². The molecule has 3 nitrogen and oxygen atoms in total. The first kappa shape index (κ1) is 10.2. The number of allylic oxidation sites excluding steroid dienone is 1. The van der Waals surface area contributed by atoms with Gasteiger partial charge >= 0.3 is 5.97 Å². The average Bonchev–Trinajstić information content (AvgIpc) is 2.57. The lowest BCUT2D eigenvalue weighted by molar-refractivity contribution is 0.0702. The molecule has 1 aromatic heterocycles. The molecule has 0 bridgehead atoms. The van der Waals surface area contributed by atoms with Gasteiger partial charge in [-0.3, -0.25) is 4.99 Å². The summed E-state index contributed by atoms with van der Waals surface area (Å²) in [6, 6.07) is 5.88. The summed E-state index contributed by atoms with van der Waals surface area (Å²) in [5.41, 5.74) is 2.65. The molecule has 0 unspecified atom stereocenters. The van der Waals surface area contributed by atoms with Gasteiger partial charge in [0.25, 0.3) is 0 Å². The van der Waals surface area contributed by atoms with Crippen LogP contribution in [0.4, 0.5) is 0 Å². The Bertz CT molecular complexity index is 695. The summed E-state index contributed by atoms with van der Waals surface area (Å²) in [5.74, 6) is -0.891. The van der Waals surface area contributed by atoms with E-state index in [1.807, 2.05) is 31.2 Å². The normalized spacial score (nSPS) is 13.6. The zero-order chi connectivity index (χ0) is 12.0. The molecule has 2 heterocycles. The van der Waals surface area contributed by atoms with Crippen molar-refractivity contribution in [3.05, 3.63) is 39.9 Å². The fraction of sp³-hybridized carbons (Fsp3) is 0.0769. The highest BCUT2D eigenvalue weighted by Crippen LogP contribution is 2.35. The van der Waals surface area contributed by atoms with Crippen molar-refractivity contribution in [1.82, 2.24) is 0 Å². The van der Waals surface area contributed by atoms with Crippen LogP contribution in [0.2, 0.25) is 0 Å². The molecule has 1 aromatic carbocycles. The number of benzene rings is 1. The van der Waals surface area contributed by atoms with Crippen LogP contribution >= 0.6 is 11.3 Å². The number of carboxylic acids is 1. The van der Waals surface area contributed by atoms with E-state index in [-0.39, 0.29) is 0 Å². The molecule has 0 amide bonds. The second-order valence-corrected chi connectivity index (χ2v) is 4.97. The van der Waals surface area contributed by atoms with E-state index in [4.69, 9.17) is 0 Å². The van der Waals surface area contributed by atoms with Crippen LogP contribution in [0.3, 0.4) is 0 Å². The molecule has 1 N–H and O–H groups in total. The predicted octanol–water partition coefficient (Wildman–Crippen LogP) is 3.39. The molecule has 0 atom stereocenters. The Balaban J connectivity index is 2.48. The third-order valence-corrected chi connectivity index (χ3v) is 3.90. The number of carbonyl (C=O) groups is 1. The number of aromatic carboxylic acids is 1. The maximum Gasteiger partial charge on any atom is 0.346 e. The molecule has 0 aliphatic carbocycles. The van der Waals surface area contributed by atoms with Gasteiger partial charge in [-0.2, -0.15) is 0 Å². The van der Waals surface area contributed by atoms with Crippen molar-refractivity contribution in [3.63, 3.8) is 0 Å². The van der Waals surface area contributed by atoms with Crippen LogP contribution < -0.4 is 0 Å². The monoisotopic (exact) mass is 243 g/mol. The van der Waals surface area contributed by atoms with Crippen molar-refractivity contribution in [2.45, 2.75) is 6.92 Å². The third kappa shape index (κ3) is 1.49. The number of hydrogen-bond donors (Lipinski definition) is 1. The van der Waals surface area contributed by atoms with E-state index >= 15 is 0 Å². The van der Waals surface area contributed by atoms with E-state index in [1.165, 1.54) is 11.3 Å². The van der Waals surface area contributed by atoms with Crippen LogP contribution in [-0.2, 0) is 0 Å². The summed E-state index contributed by atoms with van der Waals surface area (Å²) in [4.78, 5) is 15.8. The fourth-order valence-electron chi connectivity index (χ4n) is 2.03. The summed E-state index contributed by atoms with van der Waals surface area (Å²) >= 11 is 1.30. The minimum absolute atomic E-state index is 0.360. The van der Waals surface area contributed by atoms with Gasteiger partial charge in [-0.15, -0.1) is 11.3 Å². The smallest absolute Gasteiger partial charge is 0.346 e. The molecule has 2 aromatic rings. The molecular weight excluding hydrogens is 234 g/mol. The fourth-order valence-corrected chi connectivity index (χ4v) is 3.08.